The zero-order chi connectivity index (χ0) is 13.0. The number of nitrogens with zero attached hydrogens (tertiary/aromatic N) is 2. The van der Waals surface area contributed by atoms with Gasteiger partial charge in [0, 0.05) is 24.0 Å². The van der Waals surface area contributed by atoms with Crippen molar-refractivity contribution in [2.75, 3.05) is 0 Å². The van der Waals surface area contributed by atoms with Crippen molar-refractivity contribution in [2.24, 2.45) is 7.05 Å². The molecule has 0 spiro atoms. The molecule has 1 aromatic heterocycles. The van der Waals surface area contributed by atoms with E-state index in [0.717, 1.165) is 33.5 Å². The van der Waals surface area contributed by atoms with Gasteiger partial charge in [-0.3, -0.25) is 4.79 Å². The van der Waals surface area contributed by atoms with Gasteiger partial charge in [0.15, 0.2) is 5.43 Å². The van der Waals surface area contributed by atoms with Crippen molar-refractivity contribution in [2.45, 2.75) is 0 Å². The Balaban J connectivity index is 2.30. The van der Waals surface area contributed by atoms with Crippen molar-refractivity contribution in [3.05, 3.63) is 52.7 Å². The summed E-state index contributed by atoms with van der Waals surface area (Å²) in [6.45, 7) is 0. The van der Waals surface area contributed by atoms with E-state index in [0.29, 0.717) is 0 Å². The van der Waals surface area contributed by atoms with E-state index in [1.54, 1.807) is 18.2 Å². The van der Waals surface area contributed by atoms with E-state index in [1.165, 1.54) is 0 Å². The van der Waals surface area contributed by atoms with E-state index in [4.69, 9.17) is 0 Å². The van der Waals surface area contributed by atoms with Crippen molar-refractivity contribution in [1.29, 1.82) is 0 Å². The van der Waals surface area contributed by atoms with Crippen LogP contribution in [0.25, 0.3) is 33.5 Å². The molecule has 1 aromatic carbocycles. The molecule has 0 fully saturated rings. The Morgan fingerprint density at radius 2 is 2.00 bits per heavy atom. The molecular weight excluding hydrogens is 238 g/mol. The molecule has 4 nitrogen and oxygen atoms in total. The first kappa shape index (κ1) is 10.3. The van der Waals surface area contributed by atoms with Crippen LogP contribution in [0.15, 0.2) is 47.3 Å². The predicted octanol–water partition coefficient (Wildman–Crippen LogP) is 2.52. The number of rotatable bonds is 0. The fraction of sp³-hybridized carbons (Fsp3) is 0.0667. The van der Waals surface area contributed by atoms with Gasteiger partial charge in [-0.2, -0.15) is 0 Å². The smallest absolute Gasteiger partial charge is 0.180 e. The first-order chi connectivity index (χ1) is 9.24. The van der Waals surface area contributed by atoms with Crippen LogP contribution in [0.2, 0.25) is 0 Å². The van der Waals surface area contributed by atoms with E-state index in [9.17, 15) is 4.79 Å². The standard InChI is InChI=1S/C15H11N3O/c1-18-13-8-9(19)6-7-12(13)16-14-10-4-2-3-5-11(10)17-15(14)18/h2-8,17H,1H3. The SMILES string of the molecule is Cn1c2cc(=O)ccc-2nc2c3ccccc3[nH]c21. The number of hydrogen-bond donors (Lipinski definition) is 1. The summed E-state index contributed by atoms with van der Waals surface area (Å²) in [6.07, 6.45) is 0. The Morgan fingerprint density at radius 1 is 1.16 bits per heavy atom. The first-order valence-electron chi connectivity index (χ1n) is 6.11. The van der Waals surface area contributed by atoms with E-state index in [-0.39, 0.29) is 5.43 Å². The number of aryl methyl sites for hydroxylation is 1. The van der Waals surface area contributed by atoms with Gasteiger partial charge in [0.1, 0.15) is 11.2 Å². The van der Waals surface area contributed by atoms with Gasteiger partial charge in [0.05, 0.1) is 11.4 Å². The highest BCUT2D eigenvalue weighted by Gasteiger charge is 2.14. The summed E-state index contributed by atoms with van der Waals surface area (Å²) in [5.41, 5.74) is 4.59. The Kier molecular flexibility index (Phi) is 1.87. The van der Waals surface area contributed by atoms with Crippen LogP contribution in [0.5, 0.6) is 0 Å². The second kappa shape index (κ2) is 3.45. The largest absolute Gasteiger partial charge is 0.339 e. The number of nitrogens with one attached hydrogen (secondary N) is 1. The van der Waals surface area contributed by atoms with Crippen molar-refractivity contribution in [3.63, 3.8) is 0 Å². The summed E-state index contributed by atoms with van der Waals surface area (Å²) < 4.78 is 1.99. The number of hydrogen-bond acceptors (Lipinski definition) is 2. The molecule has 0 unspecified atom stereocenters. The summed E-state index contributed by atoms with van der Waals surface area (Å²) in [4.78, 5) is 19.5. The maximum Gasteiger partial charge on any atom is 0.180 e. The molecule has 4 heteroatoms. The Hall–Kier alpha value is -2.62. The molecule has 92 valence electrons. The molecule has 2 heterocycles. The average Bonchev–Trinajstić information content (AvgIpc) is 2.79. The van der Waals surface area contributed by atoms with Gasteiger partial charge in [0.25, 0.3) is 0 Å². The molecule has 19 heavy (non-hydrogen) atoms. The number of benzene rings is 2. The summed E-state index contributed by atoms with van der Waals surface area (Å²) in [5, 5.41) is 1.10. The van der Waals surface area contributed by atoms with E-state index >= 15 is 0 Å². The molecule has 0 radical (unpaired) electrons. The van der Waals surface area contributed by atoms with Crippen LogP contribution in [-0.2, 0) is 7.05 Å². The molecule has 0 atom stereocenters. The van der Waals surface area contributed by atoms with Crippen LogP contribution >= 0.6 is 0 Å². The monoisotopic (exact) mass is 249 g/mol. The Bertz CT molecular complexity index is 949. The molecule has 2 aromatic rings. The lowest BCUT2D eigenvalue weighted by Crippen LogP contribution is -2.07. The summed E-state index contributed by atoms with van der Waals surface area (Å²) >= 11 is 0. The van der Waals surface area contributed by atoms with E-state index in [2.05, 4.69) is 16.0 Å². The Morgan fingerprint density at radius 3 is 2.89 bits per heavy atom. The minimum atomic E-state index is 0.000334. The third-order valence-electron chi connectivity index (χ3n) is 3.54. The molecule has 4 rings (SSSR count). The quantitative estimate of drug-likeness (QED) is 0.520. The molecule has 2 aliphatic rings. The topological polar surface area (TPSA) is 50.7 Å². The number of aromatic amines is 1. The highest BCUT2D eigenvalue weighted by atomic mass is 16.1. The van der Waals surface area contributed by atoms with E-state index in [1.807, 2.05) is 29.8 Å². The zero-order valence-electron chi connectivity index (χ0n) is 10.3. The molecule has 1 N–H and O–H groups in total. The van der Waals surface area contributed by atoms with Gasteiger partial charge in [-0.1, -0.05) is 18.2 Å². The van der Waals surface area contributed by atoms with Gasteiger partial charge < -0.3 is 9.55 Å². The van der Waals surface area contributed by atoms with Crippen molar-refractivity contribution >= 4 is 22.1 Å². The van der Waals surface area contributed by atoms with Gasteiger partial charge in [-0.05, 0) is 18.2 Å². The normalized spacial score (nSPS) is 11.6. The molecule has 1 aliphatic carbocycles. The first-order valence-corrected chi connectivity index (χ1v) is 6.11. The summed E-state index contributed by atoms with van der Waals surface area (Å²) in [7, 11) is 1.95. The molecule has 0 bridgehead atoms. The van der Waals surface area contributed by atoms with Crippen LogP contribution in [0, 0.1) is 0 Å². The lowest BCUT2D eigenvalue weighted by atomic mass is 10.2. The molecular formula is C15H11N3O. The van der Waals surface area contributed by atoms with Gasteiger partial charge in [-0.15, -0.1) is 0 Å². The van der Waals surface area contributed by atoms with Crippen molar-refractivity contribution in [1.82, 2.24) is 14.5 Å². The number of H-pyrrole nitrogens is 1. The summed E-state index contributed by atoms with van der Waals surface area (Å²) in [6, 6.07) is 13.0. The molecule has 1 aliphatic heterocycles. The van der Waals surface area contributed by atoms with Crippen LogP contribution in [-0.4, -0.2) is 14.5 Å². The van der Waals surface area contributed by atoms with Crippen molar-refractivity contribution in [3.8, 4) is 11.4 Å². The number of aromatic nitrogens is 3. The highest BCUT2D eigenvalue weighted by Crippen LogP contribution is 2.28. The fourth-order valence-corrected chi connectivity index (χ4v) is 2.58. The van der Waals surface area contributed by atoms with E-state index < -0.39 is 0 Å². The minimum absolute atomic E-state index is 0.000334. The predicted molar refractivity (Wildman–Crippen MR) is 75.5 cm³/mol. The maximum absolute atomic E-state index is 11.5. The van der Waals surface area contributed by atoms with Crippen LogP contribution in [0.3, 0.4) is 0 Å². The average molecular weight is 249 g/mol. The second-order valence-electron chi connectivity index (χ2n) is 4.69. The number of para-hydroxylation sites is 1. The molecule has 0 amide bonds. The second-order valence-corrected chi connectivity index (χ2v) is 4.69. The summed E-state index contributed by atoms with van der Waals surface area (Å²) in [5.74, 6) is 0. The highest BCUT2D eigenvalue weighted by molar-refractivity contribution is 6.04. The third-order valence-corrected chi connectivity index (χ3v) is 3.54. The Labute approximate surface area is 108 Å². The van der Waals surface area contributed by atoms with Gasteiger partial charge in [0.2, 0.25) is 0 Å². The lowest BCUT2D eigenvalue weighted by molar-refractivity contribution is 0.932. The number of fused-ring (bicyclic) bond motifs is 4. The van der Waals surface area contributed by atoms with Gasteiger partial charge in [-0.25, -0.2) is 4.98 Å². The van der Waals surface area contributed by atoms with Crippen LogP contribution in [0.1, 0.15) is 0 Å². The maximum atomic E-state index is 11.5. The fourth-order valence-electron chi connectivity index (χ4n) is 2.58. The lowest BCUT2D eigenvalue weighted by Gasteiger charge is -2.11. The van der Waals surface area contributed by atoms with Gasteiger partial charge >= 0.3 is 0 Å². The van der Waals surface area contributed by atoms with Crippen LogP contribution in [0.4, 0.5) is 0 Å². The van der Waals surface area contributed by atoms with Crippen molar-refractivity contribution < 1.29 is 0 Å². The zero-order valence-corrected chi connectivity index (χ0v) is 10.3. The third kappa shape index (κ3) is 1.34. The van der Waals surface area contributed by atoms with Crippen LogP contribution < -0.4 is 5.43 Å². The molecule has 0 saturated heterocycles. The minimum Gasteiger partial charge on any atom is -0.339 e. The molecule has 0 saturated carbocycles.